The van der Waals surface area contributed by atoms with Gasteiger partial charge in [-0.1, -0.05) is 66.7 Å². The molecule has 0 fully saturated rings. The molecule has 3 rings (SSSR count). The van der Waals surface area contributed by atoms with Gasteiger partial charge in [0.2, 0.25) is 0 Å². The van der Waals surface area contributed by atoms with Crippen molar-refractivity contribution in [3.8, 4) is 22.4 Å². The van der Waals surface area contributed by atoms with Crippen molar-refractivity contribution < 1.29 is 9.53 Å². The molecule has 0 aliphatic rings. The molecular formula is C21H19NO2. The Balaban J connectivity index is 2.33. The van der Waals surface area contributed by atoms with Crippen molar-refractivity contribution in [3.05, 3.63) is 84.6 Å². The molecule has 3 heteroatoms. The number of ether oxygens (including phenoxy) is 1. The first-order valence-electron chi connectivity index (χ1n) is 7.81. The van der Waals surface area contributed by atoms with Gasteiger partial charge in [-0.25, -0.2) is 4.79 Å². The molecule has 3 nitrogen and oxygen atoms in total. The Kier molecular flexibility index (Phi) is 4.62. The maximum Gasteiger partial charge on any atom is 0.340 e. The monoisotopic (exact) mass is 317 g/mol. The van der Waals surface area contributed by atoms with E-state index in [0.717, 1.165) is 28.1 Å². The van der Waals surface area contributed by atoms with Gasteiger partial charge in [0.15, 0.2) is 0 Å². The normalized spacial score (nSPS) is 10.4. The topological polar surface area (TPSA) is 42.1 Å². The van der Waals surface area contributed by atoms with Gasteiger partial charge in [0.1, 0.15) is 0 Å². The maximum absolute atomic E-state index is 12.5. The van der Waals surface area contributed by atoms with Crippen molar-refractivity contribution in [2.24, 2.45) is 0 Å². The largest absolute Gasteiger partial charge is 0.465 e. The summed E-state index contributed by atoms with van der Waals surface area (Å²) in [5.74, 6) is -0.343. The molecule has 0 saturated carbocycles. The second kappa shape index (κ2) is 7.01. The lowest BCUT2D eigenvalue weighted by molar-refractivity contribution is 0.0600. The number of rotatable bonds is 5. The number of aromatic amines is 1. The molecular weight excluding hydrogens is 298 g/mol. The second-order valence-electron chi connectivity index (χ2n) is 5.44. The van der Waals surface area contributed by atoms with Crippen molar-refractivity contribution in [3.63, 3.8) is 0 Å². The molecule has 0 aliphatic heterocycles. The first-order chi connectivity index (χ1) is 11.8. The van der Waals surface area contributed by atoms with Crippen molar-refractivity contribution in [1.82, 2.24) is 4.98 Å². The van der Waals surface area contributed by atoms with E-state index in [9.17, 15) is 4.79 Å². The van der Waals surface area contributed by atoms with Crippen LogP contribution in [-0.2, 0) is 11.2 Å². The predicted octanol–water partition coefficient (Wildman–Crippen LogP) is 4.86. The summed E-state index contributed by atoms with van der Waals surface area (Å²) in [6, 6.07) is 19.9. The van der Waals surface area contributed by atoms with Gasteiger partial charge in [-0.05, 0) is 11.1 Å². The van der Waals surface area contributed by atoms with Gasteiger partial charge >= 0.3 is 5.97 Å². The highest BCUT2D eigenvalue weighted by Crippen LogP contribution is 2.37. The number of nitrogens with one attached hydrogen (secondary N) is 1. The summed E-state index contributed by atoms with van der Waals surface area (Å²) < 4.78 is 5.04. The Morgan fingerprint density at radius 3 is 2.17 bits per heavy atom. The summed E-state index contributed by atoms with van der Waals surface area (Å²) in [5, 5.41) is 0. The number of hydrogen-bond acceptors (Lipinski definition) is 2. The third-order valence-electron chi connectivity index (χ3n) is 3.94. The van der Waals surface area contributed by atoms with E-state index in [4.69, 9.17) is 4.74 Å². The molecule has 0 unspecified atom stereocenters. The summed E-state index contributed by atoms with van der Waals surface area (Å²) in [4.78, 5) is 15.9. The van der Waals surface area contributed by atoms with E-state index in [-0.39, 0.29) is 5.97 Å². The molecule has 0 atom stereocenters. The quantitative estimate of drug-likeness (QED) is 0.539. The molecule has 24 heavy (non-hydrogen) atoms. The molecule has 0 amide bonds. The van der Waals surface area contributed by atoms with Crippen LogP contribution in [0.2, 0.25) is 0 Å². The van der Waals surface area contributed by atoms with Crippen LogP contribution < -0.4 is 0 Å². The highest BCUT2D eigenvalue weighted by Gasteiger charge is 2.24. The number of aromatic nitrogens is 1. The van der Waals surface area contributed by atoms with Crippen LogP contribution in [0.3, 0.4) is 0 Å². The SMILES string of the molecule is C=CCc1[nH]c(-c2ccccc2)c(-c2ccccc2)c1C(=O)OC. The molecule has 0 radical (unpaired) electrons. The number of methoxy groups -OCH3 is 1. The zero-order valence-corrected chi connectivity index (χ0v) is 13.6. The number of benzene rings is 2. The van der Waals surface area contributed by atoms with Crippen LogP contribution >= 0.6 is 0 Å². The van der Waals surface area contributed by atoms with Crippen molar-refractivity contribution >= 4 is 5.97 Å². The van der Waals surface area contributed by atoms with Crippen molar-refractivity contribution in [1.29, 1.82) is 0 Å². The van der Waals surface area contributed by atoms with Gasteiger partial charge in [0, 0.05) is 17.7 Å². The fraction of sp³-hybridized carbons (Fsp3) is 0.0952. The van der Waals surface area contributed by atoms with Gasteiger partial charge in [0.05, 0.1) is 18.4 Å². The van der Waals surface area contributed by atoms with E-state index in [0.29, 0.717) is 12.0 Å². The molecule has 0 aliphatic carbocycles. The zero-order valence-electron chi connectivity index (χ0n) is 13.6. The third kappa shape index (κ3) is 2.88. The summed E-state index contributed by atoms with van der Waals surface area (Å²) in [7, 11) is 1.41. The lowest BCUT2D eigenvalue weighted by Crippen LogP contribution is -2.05. The predicted molar refractivity (Wildman–Crippen MR) is 96.9 cm³/mol. The van der Waals surface area contributed by atoms with Crippen LogP contribution in [0.15, 0.2) is 73.3 Å². The van der Waals surface area contributed by atoms with Gasteiger partial charge in [-0.2, -0.15) is 0 Å². The van der Waals surface area contributed by atoms with Crippen LogP contribution in [0.4, 0.5) is 0 Å². The molecule has 1 N–H and O–H groups in total. The molecule has 0 saturated heterocycles. The molecule has 1 heterocycles. The average Bonchev–Trinajstić information content (AvgIpc) is 3.02. The molecule has 0 bridgehead atoms. The zero-order chi connectivity index (χ0) is 16.9. The van der Waals surface area contributed by atoms with Crippen LogP contribution in [0, 0.1) is 0 Å². The van der Waals surface area contributed by atoms with Crippen LogP contribution in [-0.4, -0.2) is 18.1 Å². The fourth-order valence-electron chi connectivity index (χ4n) is 2.89. The van der Waals surface area contributed by atoms with Gasteiger partial charge < -0.3 is 9.72 Å². The van der Waals surface area contributed by atoms with E-state index in [2.05, 4.69) is 11.6 Å². The van der Waals surface area contributed by atoms with Crippen molar-refractivity contribution in [2.75, 3.05) is 7.11 Å². The van der Waals surface area contributed by atoms with Gasteiger partial charge in [-0.3, -0.25) is 0 Å². The third-order valence-corrected chi connectivity index (χ3v) is 3.94. The standard InChI is InChI=1S/C21H19NO2/c1-3-10-17-19(21(23)24-2)18(15-11-6-4-7-12-15)20(22-17)16-13-8-5-9-14-16/h3-9,11-14,22H,1,10H2,2H3. The molecule has 120 valence electrons. The Bertz CT molecular complexity index is 848. The summed E-state index contributed by atoms with van der Waals surface area (Å²) >= 11 is 0. The van der Waals surface area contributed by atoms with Crippen LogP contribution in [0.5, 0.6) is 0 Å². The molecule has 3 aromatic rings. The van der Waals surface area contributed by atoms with E-state index < -0.39 is 0 Å². The Labute approximate surface area is 141 Å². The number of esters is 1. The fourth-order valence-corrected chi connectivity index (χ4v) is 2.89. The minimum absolute atomic E-state index is 0.343. The van der Waals surface area contributed by atoms with E-state index in [1.54, 1.807) is 6.08 Å². The van der Waals surface area contributed by atoms with Crippen LogP contribution in [0.25, 0.3) is 22.4 Å². The number of allylic oxidation sites excluding steroid dienone is 1. The van der Waals surface area contributed by atoms with E-state index in [1.165, 1.54) is 7.11 Å². The summed E-state index contributed by atoms with van der Waals surface area (Å²) in [6.07, 6.45) is 2.35. The molecule has 0 spiro atoms. The first kappa shape index (κ1) is 15.8. The number of H-pyrrole nitrogens is 1. The number of hydrogen-bond donors (Lipinski definition) is 1. The second-order valence-corrected chi connectivity index (χ2v) is 5.44. The Morgan fingerprint density at radius 2 is 1.62 bits per heavy atom. The summed E-state index contributed by atoms with van der Waals surface area (Å²) in [6.45, 7) is 3.79. The number of carbonyl (C=O) groups excluding carboxylic acids is 1. The van der Waals surface area contributed by atoms with E-state index in [1.807, 2.05) is 60.7 Å². The van der Waals surface area contributed by atoms with Gasteiger partial charge in [0.25, 0.3) is 0 Å². The average molecular weight is 317 g/mol. The first-order valence-corrected chi connectivity index (χ1v) is 7.81. The smallest absolute Gasteiger partial charge is 0.340 e. The Morgan fingerprint density at radius 1 is 1.04 bits per heavy atom. The highest BCUT2D eigenvalue weighted by molar-refractivity contribution is 6.03. The Hall–Kier alpha value is -3.07. The van der Waals surface area contributed by atoms with Crippen LogP contribution in [0.1, 0.15) is 16.1 Å². The molecule has 2 aromatic carbocycles. The molecule has 1 aromatic heterocycles. The lowest BCUT2D eigenvalue weighted by Gasteiger charge is -2.08. The maximum atomic E-state index is 12.5. The van der Waals surface area contributed by atoms with E-state index >= 15 is 0 Å². The number of carbonyl (C=O) groups is 1. The highest BCUT2D eigenvalue weighted by atomic mass is 16.5. The summed E-state index contributed by atoms with van der Waals surface area (Å²) in [5.41, 5.74) is 5.17. The minimum Gasteiger partial charge on any atom is -0.465 e. The minimum atomic E-state index is -0.343. The van der Waals surface area contributed by atoms with Crippen molar-refractivity contribution in [2.45, 2.75) is 6.42 Å². The van der Waals surface area contributed by atoms with Gasteiger partial charge in [-0.15, -0.1) is 6.58 Å². The lowest BCUT2D eigenvalue weighted by atomic mass is 9.96.